The van der Waals surface area contributed by atoms with Crippen LogP contribution in [0.4, 0.5) is 0 Å². The minimum atomic E-state index is 0.136. The molecule has 1 atom stereocenters. The second-order valence-corrected chi connectivity index (χ2v) is 7.16. The van der Waals surface area contributed by atoms with Crippen LogP contribution in [-0.2, 0) is 4.74 Å². The Labute approximate surface area is 126 Å². The van der Waals surface area contributed by atoms with Gasteiger partial charge in [0.2, 0.25) is 0 Å². The third-order valence-corrected chi connectivity index (χ3v) is 5.77. The first kappa shape index (κ1) is 13.6. The van der Waals surface area contributed by atoms with Crippen molar-refractivity contribution >= 4 is 0 Å². The number of hydrogen-bond donors (Lipinski definition) is 0. The average molecular weight is 287 g/mol. The first-order valence-corrected chi connectivity index (χ1v) is 8.44. The van der Waals surface area contributed by atoms with E-state index in [1.807, 2.05) is 12.4 Å². The number of nitrogens with zero attached hydrogens (tertiary/aromatic N) is 3. The van der Waals surface area contributed by atoms with E-state index < -0.39 is 0 Å². The molecule has 2 saturated heterocycles. The van der Waals surface area contributed by atoms with Crippen LogP contribution in [0.5, 0.6) is 0 Å². The zero-order valence-electron chi connectivity index (χ0n) is 12.7. The molecule has 4 rings (SSSR count). The van der Waals surface area contributed by atoms with Crippen LogP contribution in [0.2, 0.25) is 0 Å². The Hall–Kier alpha value is -1.00. The van der Waals surface area contributed by atoms with Gasteiger partial charge in [0, 0.05) is 37.9 Å². The van der Waals surface area contributed by atoms with Gasteiger partial charge in [-0.05, 0) is 43.6 Å². The average Bonchev–Trinajstić information content (AvgIpc) is 2.90. The van der Waals surface area contributed by atoms with Crippen LogP contribution in [0.3, 0.4) is 0 Å². The van der Waals surface area contributed by atoms with Crippen LogP contribution in [0.1, 0.15) is 50.0 Å². The van der Waals surface area contributed by atoms with E-state index in [1.165, 1.54) is 57.3 Å². The highest BCUT2D eigenvalue weighted by Crippen LogP contribution is 2.42. The summed E-state index contributed by atoms with van der Waals surface area (Å²) < 4.78 is 6.26. The van der Waals surface area contributed by atoms with Crippen LogP contribution in [0.25, 0.3) is 0 Å². The van der Waals surface area contributed by atoms with Crippen LogP contribution in [0.15, 0.2) is 18.7 Å². The van der Waals surface area contributed by atoms with Crippen molar-refractivity contribution in [3.63, 3.8) is 0 Å². The minimum Gasteiger partial charge on any atom is -0.374 e. The molecular formula is C17H25N3O. The lowest BCUT2D eigenvalue weighted by Crippen LogP contribution is -2.46. The molecule has 21 heavy (non-hydrogen) atoms. The number of hydrogen-bond acceptors (Lipinski definition) is 4. The molecule has 4 nitrogen and oxygen atoms in total. The third-order valence-electron chi connectivity index (χ3n) is 5.77. The van der Waals surface area contributed by atoms with E-state index >= 15 is 0 Å². The topological polar surface area (TPSA) is 38.2 Å². The summed E-state index contributed by atoms with van der Waals surface area (Å²) in [5, 5.41) is 0. The van der Waals surface area contributed by atoms with Crippen molar-refractivity contribution in [3.05, 3.63) is 24.3 Å². The Kier molecular flexibility index (Phi) is 3.67. The van der Waals surface area contributed by atoms with Crippen LogP contribution in [-0.4, -0.2) is 46.7 Å². The maximum absolute atomic E-state index is 6.26. The highest BCUT2D eigenvalue weighted by Gasteiger charge is 2.43. The van der Waals surface area contributed by atoms with E-state index in [2.05, 4.69) is 14.9 Å². The van der Waals surface area contributed by atoms with Crippen LogP contribution >= 0.6 is 0 Å². The summed E-state index contributed by atoms with van der Waals surface area (Å²) >= 11 is 0. The zero-order chi connectivity index (χ0) is 14.1. The van der Waals surface area contributed by atoms with Crippen LogP contribution in [0, 0.1) is 5.92 Å². The van der Waals surface area contributed by atoms with Gasteiger partial charge in [0.15, 0.2) is 0 Å². The Balaban J connectivity index is 1.33. The standard InChI is InChI=1S/C17H25N3O/c1-2-14(3-1)11-20-6-4-17(5-7-20)8-15(12-21-17)16-9-18-13-19-10-16/h9-10,13-15H,1-8,11-12H2. The fraction of sp³-hybridized carbons (Fsp3) is 0.765. The Bertz CT molecular complexity index is 466. The number of piperidine rings is 1. The minimum absolute atomic E-state index is 0.136. The maximum atomic E-state index is 6.26. The first-order valence-electron chi connectivity index (χ1n) is 8.44. The van der Waals surface area contributed by atoms with E-state index in [0.29, 0.717) is 5.92 Å². The third kappa shape index (κ3) is 2.84. The summed E-state index contributed by atoms with van der Waals surface area (Å²) in [4.78, 5) is 11.0. The lowest BCUT2D eigenvalue weighted by molar-refractivity contribution is -0.0472. The largest absolute Gasteiger partial charge is 0.374 e. The molecule has 0 N–H and O–H groups in total. The Morgan fingerprint density at radius 1 is 1.19 bits per heavy atom. The summed E-state index contributed by atoms with van der Waals surface area (Å²) in [7, 11) is 0. The van der Waals surface area contributed by atoms with Gasteiger partial charge in [0.25, 0.3) is 0 Å². The van der Waals surface area contributed by atoms with Crippen molar-refractivity contribution in [1.29, 1.82) is 0 Å². The number of rotatable bonds is 3. The molecule has 114 valence electrons. The normalized spacial score (nSPS) is 29.6. The van der Waals surface area contributed by atoms with Gasteiger partial charge in [-0.3, -0.25) is 0 Å². The molecule has 1 spiro atoms. The predicted octanol–water partition coefficient (Wildman–Crippen LogP) is 2.62. The fourth-order valence-corrected chi connectivity index (χ4v) is 4.11. The second-order valence-electron chi connectivity index (χ2n) is 7.16. The quantitative estimate of drug-likeness (QED) is 0.856. The lowest BCUT2D eigenvalue weighted by atomic mass is 9.82. The smallest absolute Gasteiger partial charge is 0.115 e. The summed E-state index contributed by atoms with van der Waals surface area (Å²) in [6.45, 7) is 4.60. The van der Waals surface area contributed by atoms with Crippen molar-refractivity contribution < 1.29 is 4.74 Å². The van der Waals surface area contributed by atoms with Gasteiger partial charge in [-0.25, -0.2) is 9.97 Å². The molecule has 1 aliphatic carbocycles. The van der Waals surface area contributed by atoms with E-state index in [-0.39, 0.29) is 5.60 Å². The summed E-state index contributed by atoms with van der Waals surface area (Å²) in [5.41, 5.74) is 1.38. The van der Waals surface area contributed by atoms with Crippen molar-refractivity contribution in [3.8, 4) is 0 Å². The molecule has 2 aliphatic heterocycles. The van der Waals surface area contributed by atoms with E-state index in [0.717, 1.165) is 18.9 Å². The molecule has 0 amide bonds. The van der Waals surface area contributed by atoms with Crippen molar-refractivity contribution in [2.75, 3.05) is 26.2 Å². The molecule has 0 radical (unpaired) electrons. The van der Waals surface area contributed by atoms with E-state index in [4.69, 9.17) is 4.74 Å². The molecular weight excluding hydrogens is 262 g/mol. The summed E-state index contributed by atoms with van der Waals surface area (Å²) in [6.07, 6.45) is 13.4. The van der Waals surface area contributed by atoms with Gasteiger partial charge in [-0.15, -0.1) is 0 Å². The highest BCUT2D eigenvalue weighted by molar-refractivity contribution is 5.14. The first-order chi connectivity index (χ1) is 10.3. The zero-order valence-corrected chi connectivity index (χ0v) is 12.7. The van der Waals surface area contributed by atoms with E-state index in [1.54, 1.807) is 6.33 Å². The molecule has 4 heteroatoms. The Morgan fingerprint density at radius 2 is 1.95 bits per heavy atom. The molecule has 1 unspecified atom stereocenters. The molecule has 1 aromatic heterocycles. The Morgan fingerprint density at radius 3 is 2.62 bits per heavy atom. The van der Waals surface area contributed by atoms with Gasteiger partial charge in [-0.1, -0.05) is 6.42 Å². The molecule has 1 aromatic rings. The van der Waals surface area contributed by atoms with E-state index in [9.17, 15) is 0 Å². The number of aromatic nitrogens is 2. The van der Waals surface area contributed by atoms with Gasteiger partial charge >= 0.3 is 0 Å². The fourth-order valence-electron chi connectivity index (χ4n) is 4.11. The van der Waals surface area contributed by atoms with Crippen molar-refractivity contribution in [2.24, 2.45) is 5.92 Å². The molecule has 3 heterocycles. The summed E-state index contributed by atoms with van der Waals surface area (Å²) in [5.74, 6) is 1.47. The molecule has 3 aliphatic rings. The van der Waals surface area contributed by atoms with Crippen LogP contribution < -0.4 is 0 Å². The highest BCUT2D eigenvalue weighted by atomic mass is 16.5. The lowest BCUT2D eigenvalue weighted by Gasteiger charge is -2.41. The molecule has 3 fully saturated rings. The van der Waals surface area contributed by atoms with Gasteiger partial charge in [0.05, 0.1) is 12.2 Å². The molecule has 0 bridgehead atoms. The monoisotopic (exact) mass is 287 g/mol. The molecule has 0 aromatic carbocycles. The molecule has 1 saturated carbocycles. The summed E-state index contributed by atoms with van der Waals surface area (Å²) in [6, 6.07) is 0. The van der Waals surface area contributed by atoms with Crippen molar-refractivity contribution in [1.82, 2.24) is 14.9 Å². The number of likely N-dealkylation sites (tertiary alicyclic amines) is 1. The van der Waals surface area contributed by atoms with Crippen molar-refractivity contribution in [2.45, 2.75) is 50.0 Å². The van der Waals surface area contributed by atoms with Gasteiger partial charge < -0.3 is 9.64 Å². The number of ether oxygens (including phenoxy) is 1. The second kappa shape index (κ2) is 5.65. The van der Waals surface area contributed by atoms with Gasteiger partial charge in [0.1, 0.15) is 6.33 Å². The predicted molar refractivity (Wildman–Crippen MR) is 81.1 cm³/mol. The SMILES string of the molecule is c1ncc(C2COC3(CCN(CC4CCC4)CC3)C2)cn1. The maximum Gasteiger partial charge on any atom is 0.115 e. The van der Waals surface area contributed by atoms with Gasteiger partial charge in [-0.2, -0.15) is 0 Å².